The van der Waals surface area contributed by atoms with Crippen molar-refractivity contribution in [3.8, 4) is 0 Å². The molecule has 0 unspecified atom stereocenters. The zero-order valence-corrected chi connectivity index (χ0v) is 16.4. The highest BCUT2D eigenvalue weighted by Gasteiger charge is 2.17. The molecule has 3 N–H and O–H groups in total. The van der Waals surface area contributed by atoms with Gasteiger partial charge in [0.1, 0.15) is 0 Å². The third-order valence-corrected chi connectivity index (χ3v) is 4.53. The largest absolute Gasteiger partial charge is 0.479 e. The Labute approximate surface area is 170 Å². The summed E-state index contributed by atoms with van der Waals surface area (Å²) in [6.07, 6.45) is -1.54. The number of carboxylic acids is 1. The Morgan fingerprint density at radius 3 is 2.04 bits per heavy atom. The summed E-state index contributed by atoms with van der Waals surface area (Å²) in [6, 6.07) is 27.7. The first kappa shape index (κ1) is 21.6. The van der Waals surface area contributed by atoms with E-state index in [1.54, 1.807) is 12.1 Å². The molecule has 0 aliphatic heterocycles. The van der Waals surface area contributed by atoms with Gasteiger partial charge in [-0.25, -0.2) is 4.79 Å². The second-order valence-electron chi connectivity index (χ2n) is 6.26. The second-order valence-corrected chi connectivity index (χ2v) is 6.67. The van der Waals surface area contributed by atoms with Crippen molar-refractivity contribution in [1.82, 2.24) is 5.32 Å². The van der Waals surface area contributed by atoms with Gasteiger partial charge in [0.05, 0.1) is 0 Å². The molecular weight excluding hydrogens is 374 g/mol. The van der Waals surface area contributed by atoms with Gasteiger partial charge in [-0.15, -0.1) is 0 Å². The fraction of sp³-hybridized carbons (Fsp3) is 0.174. The monoisotopic (exact) mass is 397 g/mol. The molecule has 5 heteroatoms. The van der Waals surface area contributed by atoms with E-state index < -0.39 is 12.1 Å². The lowest BCUT2D eigenvalue weighted by Crippen LogP contribution is -2.17. The first-order valence-corrected chi connectivity index (χ1v) is 9.34. The minimum Gasteiger partial charge on any atom is -0.479 e. The van der Waals surface area contributed by atoms with Crippen LogP contribution >= 0.6 is 11.6 Å². The van der Waals surface area contributed by atoms with E-state index in [0.29, 0.717) is 6.04 Å². The topological polar surface area (TPSA) is 69.6 Å². The number of nitrogens with one attached hydrogen (secondary N) is 1. The van der Waals surface area contributed by atoms with E-state index in [-0.39, 0.29) is 10.6 Å². The Kier molecular flexibility index (Phi) is 8.69. The lowest BCUT2D eigenvalue weighted by molar-refractivity contribution is -0.146. The fourth-order valence-electron chi connectivity index (χ4n) is 2.56. The molecule has 3 rings (SSSR count). The number of benzene rings is 3. The van der Waals surface area contributed by atoms with E-state index in [9.17, 15) is 4.79 Å². The molecule has 28 heavy (non-hydrogen) atoms. The molecule has 0 saturated heterocycles. The van der Waals surface area contributed by atoms with Crippen LogP contribution in [0.4, 0.5) is 0 Å². The van der Waals surface area contributed by atoms with Crippen LogP contribution in [0, 0.1) is 0 Å². The molecule has 0 spiro atoms. The summed E-state index contributed by atoms with van der Waals surface area (Å²) in [5.41, 5.74) is 2.87. The van der Waals surface area contributed by atoms with Gasteiger partial charge in [-0.3, -0.25) is 0 Å². The average molecular weight is 398 g/mol. The van der Waals surface area contributed by atoms with Crippen molar-refractivity contribution in [2.24, 2.45) is 0 Å². The lowest BCUT2D eigenvalue weighted by Gasteiger charge is -2.14. The summed E-state index contributed by atoms with van der Waals surface area (Å²) in [6.45, 7) is 3.11. The summed E-state index contributed by atoms with van der Waals surface area (Å²) >= 11 is 5.64. The number of rotatable bonds is 6. The highest BCUT2D eigenvalue weighted by Crippen LogP contribution is 2.22. The third-order valence-electron chi connectivity index (χ3n) is 4.19. The van der Waals surface area contributed by atoms with Crippen LogP contribution in [0.2, 0.25) is 5.02 Å². The van der Waals surface area contributed by atoms with Crippen LogP contribution in [0.5, 0.6) is 0 Å². The minimum atomic E-state index is -1.54. The number of aliphatic hydroxyl groups is 1. The SMILES string of the molecule is C[C@H](NCc1ccccc1)c1ccccc1.O=C(O)[C@@H](O)c1ccccc1Cl. The number of halogens is 1. The van der Waals surface area contributed by atoms with Crippen molar-refractivity contribution >= 4 is 17.6 Å². The lowest BCUT2D eigenvalue weighted by atomic mass is 10.1. The van der Waals surface area contributed by atoms with Crippen LogP contribution < -0.4 is 5.32 Å². The molecule has 4 nitrogen and oxygen atoms in total. The maximum atomic E-state index is 10.3. The Hall–Kier alpha value is -2.66. The molecule has 2 atom stereocenters. The standard InChI is InChI=1S/C15H17N.C8H7ClO3/c1-13(15-10-6-3-7-11-15)16-12-14-8-4-2-5-9-14;9-6-4-2-1-3-5(6)7(10)8(11)12/h2-11,13,16H,12H2,1H3;1-4,7,10H,(H,11,12)/t13-;7-/m00/s1. The number of carboxylic acid groups (broad SMARTS) is 1. The quantitative estimate of drug-likeness (QED) is 0.547. The highest BCUT2D eigenvalue weighted by atomic mass is 35.5. The van der Waals surface area contributed by atoms with Gasteiger partial charge in [-0.1, -0.05) is 90.5 Å². The molecule has 0 fully saturated rings. The molecule has 0 amide bonds. The Bertz CT molecular complexity index is 856. The summed E-state index contributed by atoms with van der Waals surface area (Å²) in [5.74, 6) is -1.30. The van der Waals surface area contributed by atoms with E-state index in [0.717, 1.165) is 6.54 Å². The fourth-order valence-corrected chi connectivity index (χ4v) is 2.80. The second kappa shape index (κ2) is 11.2. The molecule has 0 heterocycles. The van der Waals surface area contributed by atoms with Gasteiger partial charge in [0.2, 0.25) is 0 Å². The first-order chi connectivity index (χ1) is 13.5. The molecule has 0 saturated carbocycles. The van der Waals surface area contributed by atoms with Gasteiger partial charge >= 0.3 is 5.97 Å². The predicted molar refractivity (Wildman–Crippen MR) is 112 cm³/mol. The molecule has 0 bridgehead atoms. The van der Waals surface area contributed by atoms with Crippen molar-refractivity contribution < 1.29 is 15.0 Å². The van der Waals surface area contributed by atoms with Gasteiger partial charge in [-0.2, -0.15) is 0 Å². The maximum absolute atomic E-state index is 10.3. The Morgan fingerprint density at radius 1 is 0.929 bits per heavy atom. The molecule has 0 aliphatic rings. The van der Waals surface area contributed by atoms with Crippen LogP contribution in [0.25, 0.3) is 0 Å². The molecule has 0 aliphatic carbocycles. The smallest absolute Gasteiger partial charge is 0.337 e. The van der Waals surface area contributed by atoms with Crippen molar-refractivity contribution in [2.75, 3.05) is 0 Å². The van der Waals surface area contributed by atoms with Crippen molar-refractivity contribution in [3.05, 3.63) is 107 Å². The van der Waals surface area contributed by atoms with Gasteiger partial charge in [0, 0.05) is 23.2 Å². The number of hydrogen-bond acceptors (Lipinski definition) is 3. The van der Waals surface area contributed by atoms with Gasteiger partial charge < -0.3 is 15.5 Å². The van der Waals surface area contributed by atoms with E-state index in [1.165, 1.54) is 23.3 Å². The predicted octanol–water partition coefficient (Wildman–Crippen LogP) is 5.00. The van der Waals surface area contributed by atoms with Crippen molar-refractivity contribution in [2.45, 2.75) is 25.6 Å². The summed E-state index contributed by atoms with van der Waals surface area (Å²) in [4.78, 5) is 10.3. The van der Waals surface area contributed by atoms with Crippen LogP contribution in [-0.4, -0.2) is 16.2 Å². The van der Waals surface area contributed by atoms with Gasteiger partial charge in [0.25, 0.3) is 0 Å². The van der Waals surface area contributed by atoms with E-state index in [4.69, 9.17) is 21.8 Å². The third kappa shape index (κ3) is 6.82. The van der Waals surface area contributed by atoms with Gasteiger partial charge in [0.15, 0.2) is 6.10 Å². The molecule has 0 radical (unpaired) electrons. The van der Waals surface area contributed by atoms with Crippen molar-refractivity contribution in [1.29, 1.82) is 0 Å². The van der Waals surface area contributed by atoms with E-state index in [1.807, 2.05) is 12.1 Å². The molecular formula is C23H24ClNO3. The minimum absolute atomic E-state index is 0.215. The average Bonchev–Trinajstić information content (AvgIpc) is 2.73. The Balaban J connectivity index is 0.000000209. The first-order valence-electron chi connectivity index (χ1n) is 8.96. The molecule has 3 aromatic carbocycles. The number of aliphatic hydroxyl groups excluding tert-OH is 1. The van der Waals surface area contributed by atoms with Crippen molar-refractivity contribution in [3.63, 3.8) is 0 Å². The number of carbonyl (C=O) groups is 1. The Morgan fingerprint density at radius 2 is 1.46 bits per heavy atom. The summed E-state index contributed by atoms with van der Waals surface area (Å²) in [7, 11) is 0. The van der Waals surface area contributed by atoms with Crippen LogP contribution in [0.3, 0.4) is 0 Å². The number of aliphatic carboxylic acids is 1. The van der Waals surface area contributed by atoms with Crippen LogP contribution in [0.1, 0.15) is 35.8 Å². The highest BCUT2D eigenvalue weighted by molar-refractivity contribution is 6.31. The summed E-state index contributed by atoms with van der Waals surface area (Å²) in [5, 5.41) is 21.3. The van der Waals surface area contributed by atoms with E-state index in [2.05, 4.69) is 60.8 Å². The number of hydrogen-bond donors (Lipinski definition) is 3. The normalized spacial score (nSPS) is 12.4. The van der Waals surface area contributed by atoms with Crippen LogP contribution in [0.15, 0.2) is 84.9 Å². The zero-order valence-electron chi connectivity index (χ0n) is 15.6. The zero-order chi connectivity index (χ0) is 20.4. The molecule has 3 aromatic rings. The van der Waals surface area contributed by atoms with Crippen LogP contribution in [-0.2, 0) is 11.3 Å². The molecule has 0 aromatic heterocycles. The van der Waals surface area contributed by atoms with E-state index >= 15 is 0 Å². The summed E-state index contributed by atoms with van der Waals surface area (Å²) < 4.78 is 0. The van der Waals surface area contributed by atoms with Gasteiger partial charge in [-0.05, 0) is 24.1 Å². The maximum Gasteiger partial charge on any atom is 0.337 e. The molecule has 146 valence electrons.